The number of benzene rings is 2. The first kappa shape index (κ1) is 17.0. The van der Waals surface area contributed by atoms with Crippen LogP contribution in [-0.2, 0) is 0 Å². The lowest BCUT2D eigenvalue weighted by molar-refractivity contribution is -0.540. The number of nitrogens with zero attached hydrogens (tertiary/aromatic N) is 1. The molecule has 0 aliphatic carbocycles. The van der Waals surface area contributed by atoms with Crippen LogP contribution in [0.15, 0.2) is 42.5 Å². The van der Waals surface area contributed by atoms with E-state index in [2.05, 4.69) is 5.32 Å². The van der Waals surface area contributed by atoms with Crippen molar-refractivity contribution in [2.75, 3.05) is 26.1 Å². The Morgan fingerprint density at radius 2 is 1.72 bits per heavy atom. The molecule has 6 nitrogen and oxygen atoms in total. The maximum atomic E-state index is 12.9. The van der Waals surface area contributed by atoms with E-state index in [9.17, 15) is 5.21 Å². The summed E-state index contributed by atoms with van der Waals surface area (Å²) in [7, 11) is 3.16. The van der Waals surface area contributed by atoms with Gasteiger partial charge in [-0.25, -0.2) is 0 Å². The summed E-state index contributed by atoms with van der Waals surface area (Å²) in [5.41, 5.74) is 1.24. The summed E-state index contributed by atoms with van der Waals surface area (Å²) >= 11 is 0. The van der Waals surface area contributed by atoms with Crippen LogP contribution in [0.5, 0.6) is 17.2 Å². The summed E-state index contributed by atoms with van der Waals surface area (Å²) < 4.78 is 17.5. The highest BCUT2D eigenvalue weighted by Crippen LogP contribution is 2.37. The fourth-order valence-corrected chi connectivity index (χ4v) is 2.94. The largest absolute Gasteiger partial charge is 0.622 e. The van der Waals surface area contributed by atoms with Crippen LogP contribution < -0.4 is 19.5 Å². The molecular formula is C19H22N2O4. The van der Waals surface area contributed by atoms with Gasteiger partial charge in [0.2, 0.25) is 0 Å². The third-order valence-corrected chi connectivity index (χ3v) is 4.33. The number of methoxy groups -OCH3 is 2. The lowest BCUT2D eigenvalue weighted by Crippen LogP contribution is -2.53. The number of ether oxygens (including phenoxy) is 3. The lowest BCUT2D eigenvalue weighted by atomic mass is 10.0. The van der Waals surface area contributed by atoms with Gasteiger partial charge in [0.15, 0.2) is 23.8 Å². The van der Waals surface area contributed by atoms with Crippen molar-refractivity contribution >= 4 is 11.4 Å². The molecule has 132 valence electrons. The average Bonchev–Trinajstić information content (AvgIpc) is 2.64. The normalized spacial score (nSPS) is 19.0. The van der Waals surface area contributed by atoms with E-state index in [0.29, 0.717) is 17.2 Å². The Balaban J connectivity index is 1.94. The molecule has 1 aliphatic rings. The number of hydrogen-bond donors (Lipinski definition) is 1. The molecule has 0 spiro atoms. The zero-order chi connectivity index (χ0) is 18.0. The Hall–Kier alpha value is -2.89. The minimum absolute atomic E-state index is 0.186. The second kappa shape index (κ2) is 6.55. The van der Waals surface area contributed by atoms with Crippen LogP contribution in [0, 0.1) is 5.21 Å². The molecule has 0 bridgehead atoms. The van der Waals surface area contributed by atoms with E-state index in [4.69, 9.17) is 14.2 Å². The summed E-state index contributed by atoms with van der Waals surface area (Å²) in [5.74, 6) is 1.90. The molecule has 3 rings (SSSR count). The maximum absolute atomic E-state index is 12.9. The summed E-state index contributed by atoms with van der Waals surface area (Å²) in [4.78, 5) is 0. The fourth-order valence-electron chi connectivity index (χ4n) is 2.94. The number of para-hydroxylation sites is 1. The van der Waals surface area contributed by atoms with Gasteiger partial charge in [-0.3, -0.25) is 0 Å². The van der Waals surface area contributed by atoms with Crippen LogP contribution in [0.25, 0.3) is 0 Å². The minimum Gasteiger partial charge on any atom is -0.622 e. The van der Waals surface area contributed by atoms with Crippen molar-refractivity contribution in [3.8, 4) is 17.2 Å². The summed E-state index contributed by atoms with van der Waals surface area (Å²) in [5, 5.41) is 16.1. The van der Waals surface area contributed by atoms with Gasteiger partial charge in [-0.1, -0.05) is 18.2 Å². The molecule has 2 aromatic carbocycles. The standard InChI is InChI=1S/C19H22N2O4/c1-13-15-10-17(23-3)18(24-4)11-16(15)20-19(2,21(13)22)12-25-14-8-6-5-7-9-14/h5-11,20H,12H2,1-4H3. The van der Waals surface area contributed by atoms with Gasteiger partial charge in [0.05, 0.1) is 25.5 Å². The molecule has 1 N–H and O–H groups in total. The van der Waals surface area contributed by atoms with E-state index in [0.717, 1.165) is 21.7 Å². The van der Waals surface area contributed by atoms with Crippen LogP contribution in [0.3, 0.4) is 0 Å². The predicted molar refractivity (Wildman–Crippen MR) is 96.9 cm³/mol. The molecule has 1 unspecified atom stereocenters. The monoisotopic (exact) mass is 342 g/mol. The molecule has 0 saturated heterocycles. The molecule has 0 aromatic heterocycles. The predicted octanol–water partition coefficient (Wildman–Crippen LogP) is 3.24. The molecule has 0 amide bonds. The first-order valence-electron chi connectivity index (χ1n) is 8.02. The van der Waals surface area contributed by atoms with Gasteiger partial charge in [0.25, 0.3) is 5.66 Å². The minimum atomic E-state index is -0.938. The summed E-state index contributed by atoms with van der Waals surface area (Å²) in [6.07, 6.45) is 0. The molecule has 0 saturated carbocycles. The zero-order valence-electron chi connectivity index (χ0n) is 14.8. The van der Waals surface area contributed by atoms with Crippen molar-refractivity contribution in [2.24, 2.45) is 0 Å². The smallest absolute Gasteiger partial charge is 0.277 e. The topological polar surface area (TPSA) is 65.8 Å². The molecule has 2 aromatic rings. The molecule has 1 heterocycles. The Morgan fingerprint density at radius 1 is 1.08 bits per heavy atom. The molecule has 25 heavy (non-hydrogen) atoms. The number of hydrogen-bond acceptors (Lipinski definition) is 5. The van der Waals surface area contributed by atoms with E-state index in [1.165, 1.54) is 0 Å². The summed E-state index contributed by atoms with van der Waals surface area (Å²) in [6.45, 7) is 3.79. The Kier molecular flexibility index (Phi) is 4.44. The zero-order valence-corrected chi connectivity index (χ0v) is 14.8. The highest BCUT2D eigenvalue weighted by Gasteiger charge is 2.41. The number of nitrogens with one attached hydrogen (secondary N) is 1. The Labute approximate surface area is 147 Å². The number of fused-ring (bicyclic) bond motifs is 1. The lowest BCUT2D eigenvalue weighted by Gasteiger charge is -2.35. The highest BCUT2D eigenvalue weighted by atomic mass is 16.5. The molecule has 1 atom stereocenters. The van der Waals surface area contributed by atoms with Crippen molar-refractivity contribution in [1.82, 2.24) is 0 Å². The van der Waals surface area contributed by atoms with Crippen LogP contribution in [0.1, 0.15) is 19.4 Å². The molecule has 1 aliphatic heterocycles. The van der Waals surface area contributed by atoms with Crippen molar-refractivity contribution in [3.63, 3.8) is 0 Å². The number of anilines is 1. The van der Waals surface area contributed by atoms with E-state index < -0.39 is 5.66 Å². The van der Waals surface area contributed by atoms with Gasteiger partial charge in [-0.05, 0) is 18.2 Å². The average molecular weight is 342 g/mol. The fraction of sp³-hybridized carbons (Fsp3) is 0.316. The second-order valence-corrected chi connectivity index (χ2v) is 6.13. The molecule has 0 fully saturated rings. The van der Waals surface area contributed by atoms with E-state index in [1.807, 2.05) is 43.3 Å². The van der Waals surface area contributed by atoms with Gasteiger partial charge in [0, 0.05) is 19.9 Å². The summed E-state index contributed by atoms with van der Waals surface area (Å²) in [6, 6.07) is 13.1. The van der Waals surface area contributed by atoms with Gasteiger partial charge in [-0.2, -0.15) is 4.74 Å². The number of hydroxylamine groups is 1. The third kappa shape index (κ3) is 3.07. The van der Waals surface area contributed by atoms with Gasteiger partial charge < -0.3 is 24.7 Å². The first-order chi connectivity index (χ1) is 12.0. The SMILES string of the molecule is COc1cc2c(cc1OC)C(C)=[N+]([O-])C(C)(COc1ccccc1)N2. The Bertz CT molecular complexity index is 805. The van der Waals surface area contributed by atoms with Gasteiger partial charge >= 0.3 is 0 Å². The van der Waals surface area contributed by atoms with Crippen molar-refractivity contribution < 1.29 is 18.9 Å². The van der Waals surface area contributed by atoms with Crippen LogP contribution in [0.4, 0.5) is 5.69 Å². The van der Waals surface area contributed by atoms with Crippen LogP contribution in [-0.4, -0.2) is 36.9 Å². The maximum Gasteiger partial charge on any atom is 0.277 e. The van der Waals surface area contributed by atoms with Gasteiger partial charge in [0.1, 0.15) is 5.75 Å². The highest BCUT2D eigenvalue weighted by molar-refractivity contribution is 6.02. The number of rotatable bonds is 5. The van der Waals surface area contributed by atoms with Crippen molar-refractivity contribution in [3.05, 3.63) is 53.2 Å². The van der Waals surface area contributed by atoms with Crippen molar-refractivity contribution in [2.45, 2.75) is 19.5 Å². The molecular weight excluding hydrogens is 320 g/mol. The van der Waals surface area contributed by atoms with Crippen LogP contribution >= 0.6 is 0 Å². The molecule has 6 heteroatoms. The Morgan fingerprint density at radius 3 is 2.36 bits per heavy atom. The third-order valence-electron chi connectivity index (χ3n) is 4.33. The second-order valence-electron chi connectivity index (χ2n) is 6.13. The first-order valence-corrected chi connectivity index (χ1v) is 8.02. The van der Waals surface area contributed by atoms with Crippen LogP contribution in [0.2, 0.25) is 0 Å². The van der Waals surface area contributed by atoms with E-state index >= 15 is 0 Å². The molecule has 0 radical (unpaired) electrons. The van der Waals surface area contributed by atoms with Gasteiger partial charge in [-0.15, -0.1) is 0 Å². The van der Waals surface area contributed by atoms with E-state index in [1.54, 1.807) is 27.2 Å². The van der Waals surface area contributed by atoms with Crippen molar-refractivity contribution in [1.29, 1.82) is 0 Å². The van der Waals surface area contributed by atoms with E-state index in [-0.39, 0.29) is 6.61 Å². The quantitative estimate of drug-likeness (QED) is 0.667.